The summed E-state index contributed by atoms with van der Waals surface area (Å²) in [6, 6.07) is 33.5. The lowest BCUT2D eigenvalue weighted by atomic mass is 10.2. The normalized spacial score (nSPS) is 16.9. The van der Waals surface area contributed by atoms with Gasteiger partial charge in [-0.1, -0.05) is 121 Å². The Morgan fingerprint density at radius 2 is 1.00 bits per heavy atom. The molecule has 1 atom stereocenters. The number of hydrogen-bond donors (Lipinski definition) is 0. The maximum absolute atomic E-state index is 2.36. The van der Waals surface area contributed by atoms with Gasteiger partial charge in [0.1, 0.15) is 0 Å². The Balaban J connectivity index is 2.14. The molecule has 1 heteroatoms. The molecule has 26 heavy (non-hydrogen) atoms. The Labute approximate surface area is 157 Å². The average molecular weight is 353 g/mol. The van der Waals surface area contributed by atoms with Crippen molar-refractivity contribution in [3.8, 4) is 0 Å². The van der Waals surface area contributed by atoms with Crippen LogP contribution in [0.1, 0.15) is 13.8 Å². The van der Waals surface area contributed by atoms with Gasteiger partial charge in [0.15, 0.2) is 8.07 Å². The van der Waals surface area contributed by atoms with Crippen molar-refractivity contribution in [3.05, 3.63) is 114 Å². The highest BCUT2D eigenvalue weighted by Gasteiger charge is 2.45. The zero-order valence-corrected chi connectivity index (χ0v) is 16.4. The predicted molar refractivity (Wildman–Crippen MR) is 115 cm³/mol. The van der Waals surface area contributed by atoms with Gasteiger partial charge >= 0.3 is 0 Å². The van der Waals surface area contributed by atoms with Gasteiger partial charge in [0.05, 0.1) is 0 Å². The highest BCUT2D eigenvalue weighted by molar-refractivity contribution is 7.16. The highest BCUT2D eigenvalue weighted by atomic mass is 28.3. The van der Waals surface area contributed by atoms with Crippen LogP contribution in [-0.2, 0) is 0 Å². The fraction of sp³-hybridized carbons (Fsp3) is 0.120. The standard InChI is InChI=1S/C25H24Si/c1-20-18-19-21(2)25(20)26(22-12-6-3-7-13-22,23-14-8-4-9-15-23)24-16-10-5-11-17-24/h3-20H,1-2H3. The quantitative estimate of drug-likeness (QED) is 0.487. The molecule has 1 unspecified atom stereocenters. The molecule has 0 aromatic heterocycles. The first-order valence-electron chi connectivity index (χ1n) is 9.30. The lowest BCUT2D eigenvalue weighted by molar-refractivity contribution is 0.924. The molecule has 0 bridgehead atoms. The van der Waals surface area contributed by atoms with Crippen molar-refractivity contribution >= 4 is 23.6 Å². The third kappa shape index (κ3) is 2.60. The van der Waals surface area contributed by atoms with E-state index in [1.165, 1.54) is 21.1 Å². The van der Waals surface area contributed by atoms with Gasteiger partial charge in [-0.3, -0.25) is 0 Å². The van der Waals surface area contributed by atoms with E-state index in [1.807, 2.05) is 0 Å². The first-order chi connectivity index (χ1) is 12.7. The smallest absolute Gasteiger partial charge is 0.0777 e. The van der Waals surface area contributed by atoms with Crippen molar-refractivity contribution in [1.29, 1.82) is 0 Å². The van der Waals surface area contributed by atoms with Crippen LogP contribution in [0.5, 0.6) is 0 Å². The first-order valence-corrected chi connectivity index (χ1v) is 11.3. The monoisotopic (exact) mass is 352 g/mol. The van der Waals surface area contributed by atoms with Crippen molar-refractivity contribution in [2.45, 2.75) is 13.8 Å². The molecule has 0 saturated carbocycles. The molecule has 1 aliphatic carbocycles. The molecule has 1 aliphatic rings. The van der Waals surface area contributed by atoms with E-state index in [1.54, 1.807) is 5.20 Å². The van der Waals surface area contributed by atoms with E-state index in [9.17, 15) is 0 Å². The van der Waals surface area contributed by atoms with Crippen molar-refractivity contribution in [1.82, 2.24) is 0 Å². The molecule has 3 aromatic carbocycles. The van der Waals surface area contributed by atoms with Crippen LogP contribution in [0, 0.1) is 5.92 Å². The van der Waals surface area contributed by atoms with Crippen LogP contribution in [-0.4, -0.2) is 8.07 Å². The molecule has 3 aromatic rings. The predicted octanol–water partition coefficient (Wildman–Crippen LogP) is 4.22. The summed E-state index contributed by atoms with van der Waals surface area (Å²) >= 11 is 0. The van der Waals surface area contributed by atoms with E-state index in [4.69, 9.17) is 0 Å². The summed E-state index contributed by atoms with van der Waals surface area (Å²) in [6.07, 6.45) is 4.68. The fourth-order valence-corrected chi connectivity index (χ4v) is 9.97. The minimum atomic E-state index is -2.30. The lowest BCUT2D eigenvalue weighted by Crippen LogP contribution is -2.69. The topological polar surface area (TPSA) is 0 Å². The molecule has 0 spiro atoms. The van der Waals surface area contributed by atoms with Crippen LogP contribution in [0.25, 0.3) is 0 Å². The van der Waals surface area contributed by atoms with Gasteiger partial charge < -0.3 is 0 Å². The molecular weight excluding hydrogens is 328 g/mol. The van der Waals surface area contributed by atoms with Gasteiger partial charge in [0.2, 0.25) is 0 Å². The van der Waals surface area contributed by atoms with Gasteiger partial charge in [0.25, 0.3) is 0 Å². The maximum atomic E-state index is 2.36. The summed E-state index contributed by atoms with van der Waals surface area (Å²) in [5, 5.41) is 5.99. The van der Waals surface area contributed by atoms with E-state index in [0.29, 0.717) is 5.92 Å². The zero-order valence-electron chi connectivity index (χ0n) is 15.4. The molecule has 0 amide bonds. The van der Waals surface area contributed by atoms with E-state index in [0.717, 1.165) is 0 Å². The number of benzene rings is 3. The fourth-order valence-electron chi connectivity index (χ4n) is 4.50. The number of hydrogen-bond acceptors (Lipinski definition) is 0. The Morgan fingerprint density at radius 1 is 0.615 bits per heavy atom. The minimum absolute atomic E-state index is 0.460. The Bertz CT molecular complexity index is 841. The number of rotatable bonds is 4. The van der Waals surface area contributed by atoms with Gasteiger partial charge in [-0.05, 0) is 28.4 Å². The second-order valence-electron chi connectivity index (χ2n) is 7.09. The van der Waals surface area contributed by atoms with Crippen LogP contribution in [0.15, 0.2) is 114 Å². The summed E-state index contributed by atoms with van der Waals surface area (Å²) in [4.78, 5) is 0. The molecule has 0 N–H and O–H groups in total. The van der Waals surface area contributed by atoms with Crippen LogP contribution in [0.2, 0.25) is 0 Å². The third-order valence-electron chi connectivity index (χ3n) is 5.54. The van der Waals surface area contributed by atoms with Gasteiger partial charge in [-0.2, -0.15) is 0 Å². The average Bonchev–Trinajstić information content (AvgIpc) is 3.04. The summed E-state index contributed by atoms with van der Waals surface area (Å²) < 4.78 is 0. The highest BCUT2D eigenvalue weighted by Crippen LogP contribution is 2.32. The molecular formula is C25H24Si. The van der Waals surface area contributed by atoms with Crippen LogP contribution in [0.4, 0.5) is 0 Å². The summed E-state index contributed by atoms with van der Waals surface area (Å²) in [7, 11) is -2.30. The van der Waals surface area contributed by atoms with Crippen molar-refractivity contribution in [2.24, 2.45) is 5.92 Å². The Morgan fingerprint density at radius 3 is 1.31 bits per heavy atom. The van der Waals surface area contributed by atoms with Crippen molar-refractivity contribution in [3.63, 3.8) is 0 Å². The molecule has 0 aliphatic heterocycles. The molecule has 0 saturated heterocycles. The van der Waals surface area contributed by atoms with Gasteiger partial charge in [-0.25, -0.2) is 0 Å². The van der Waals surface area contributed by atoms with E-state index >= 15 is 0 Å². The second kappa shape index (κ2) is 6.93. The third-order valence-corrected chi connectivity index (χ3v) is 10.8. The van der Waals surface area contributed by atoms with Crippen molar-refractivity contribution < 1.29 is 0 Å². The van der Waals surface area contributed by atoms with Crippen LogP contribution < -0.4 is 15.6 Å². The molecule has 128 valence electrons. The first kappa shape index (κ1) is 16.8. The zero-order chi connectivity index (χ0) is 18.0. The molecule has 0 fully saturated rings. The van der Waals surface area contributed by atoms with E-state index < -0.39 is 8.07 Å². The largest absolute Gasteiger partial charge is 0.176 e. The Hall–Kier alpha value is -2.64. The minimum Gasteiger partial charge on any atom is -0.0777 e. The summed E-state index contributed by atoms with van der Waals surface area (Å²) in [5.74, 6) is 0.460. The lowest BCUT2D eigenvalue weighted by Gasteiger charge is -2.38. The van der Waals surface area contributed by atoms with E-state index in [2.05, 4.69) is 117 Å². The summed E-state index contributed by atoms with van der Waals surface area (Å²) in [6.45, 7) is 4.63. The molecule has 0 heterocycles. The van der Waals surface area contributed by atoms with Gasteiger partial charge in [0, 0.05) is 0 Å². The SMILES string of the molecule is CC1=C([Si](c2ccccc2)(c2ccccc2)c2ccccc2)C(C)C=C1. The second-order valence-corrected chi connectivity index (χ2v) is 10.9. The van der Waals surface area contributed by atoms with Crippen molar-refractivity contribution in [2.75, 3.05) is 0 Å². The van der Waals surface area contributed by atoms with Crippen LogP contribution in [0.3, 0.4) is 0 Å². The molecule has 0 radical (unpaired) electrons. The Kier molecular flexibility index (Phi) is 4.48. The van der Waals surface area contributed by atoms with E-state index in [-0.39, 0.29) is 0 Å². The maximum Gasteiger partial charge on any atom is 0.176 e. The number of allylic oxidation sites excluding steroid dienone is 4. The summed E-state index contributed by atoms with van der Waals surface area (Å²) in [5.41, 5.74) is 1.43. The van der Waals surface area contributed by atoms with Gasteiger partial charge in [-0.15, -0.1) is 0 Å². The molecule has 4 rings (SSSR count). The van der Waals surface area contributed by atoms with Crippen LogP contribution >= 0.6 is 0 Å². The molecule has 0 nitrogen and oxygen atoms in total.